The van der Waals surface area contributed by atoms with Crippen LogP contribution in [0.2, 0.25) is 0 Å². The largest absolute Gasteiger partial charge is 1.00 e. The number of hydrogen-bond donors (Lipinski definition) is 0. The minimum Gasteiger partial charge on any atom is -0.530 e. The average molecular weight is 333 g/mol. The standard InChI is InChI=1S/C19H22N2O.K/c1-5-21(6-2)15-11-12-17-19(13-15)22(14(3)4)18-10-8-7-9-16(18)20-17;/h7,9-13,18H,3,5-6H2,1-2,4H3;/q;+1. The summed E-state index contributed by atoms with van der Waals surface area (Å²) in [6.45, 7) is 12.5. The van der Waals surface area contributed by atoms with Crippen LogP contribution in [0.25, 0.3) is 0 Å². The van der Waals surface area contributed by atoms with Gasteiger partial charge >= 0.3 is 51.4 Å². The van der Waals surface area contributed by atoms with Gasteiger partial charge in [-0.15, -0.1) is 0 Å². The number of hydrogen-bond acceptors (Lipinski definition) is 2. The molecule has 1 unspecified atom stereocenters. The zero-order valence-corrected chi connectivity index (χ0v) is 17.6. The Balaban J connectivity index is 0.00000192. The van der Waals surface area contributed by atoms with E-state index in [4.69, 9.17) is 4.99 Å². The first-order valence-corrected chi connectivity index (χ1v) is 7.77. The number of rotatable bonds is 4. The molecule has 3 nitrogen and oxygen atoms in total. The van der Waals surface area contributed by atoms with Crippen LogP contribution in [0.5, 0.6) is 5.75 Å². The molecule has 1 atom stereocenters. The Labute approximate surface area is 181 Å². The van der Waals surface area contributed by atoms with Gasteiger partial charge in [-0.05, 0) is 32.6 Å². The molecule has 1 aromatic carbocycles. The molecular formula is C19H22KN2O+. The van der Waals surface area contributed by atoms with Gasteiger partial charge in [0, 0.05) is 25.7 Å². The molecule has 0 amide bonds. The second-order valence-electron chi connectivity index (χ2n) is 5.49. The quantitative estimate of drug-likeness (QED) is 0.355. The maximum atomic E-state index is 4.79. The van der Waals surface area contributed by atoms with Gasteiger partial charge in [0.05, 0.1) is 11.8 Å². The van der Waals surface area contributed by atoms with Gasteiger partial charge in [-0.3, -0.25) is 4.99 Å². The summed E-state index contributed by atoms with van der Waals surface area (Å²) < 4.78 is 3.23. The maximum absolute atomic E-state index is 4.79. The van der Waals surface area contributed by atoms with Gasteiger partial charge in [0.2, 0.25) is 11.9 Å². The molecule has 3 rings (SSSR count). The van der Waals surface area contributed by atoms with E-state index >= 15 is 0 Å². The summed E-state index contributed by atoms with van der Waals surface area (Å²) in [6.07, 6.45) is 9.11. The van der Waals surface area contributed by atoms with E-state index in [-0.39, 0.29) is 57.5 Å². The zero-order chi connectivity index (χ0) is 15.7. The van der Waals surface area contributed by atoms with E-state index in [0.717, 1.165) is 36.0 Å². The molecule has 4 heteroatoms. The Morgan fingerprint density at radius 1 is 1.35 bits per heavy atom. The molecule has 0 radical (unpaired) electrons. The van der Waals surface area contributed by atoms with Gasteiger partial charge in [0.1, 0.15) is 0 Å². The number of allylic oxidation sites excluding steroid dienone is 3. The van der Waals surface area contributed by atoms with Crippen molar-refractivity contribution >= 4 is 17.1 Å². The molecule has 0 spiro atoms. The van der Waals surface area contributed by atoms with E-state index < -0.39 is 0 Å². The molecule has 23 heavy (non-hydrogen) atoms. The number of benzene rings is 1. The molecule has 1 aliphatic carbocycles. The normalized spacial score (nSPS) is 17.8. The Bertz CT molecular complexity index is 687. The van der Waals surface area contributed by atoms with Crippen LogP contribution < -0.4 is 56.3 Å². The van der Waals surface area contributed by atoms with Crippen molar-refractivity contribution in [3.8, 4) is 5.75 Å². The number of aliphatic imine (C=N–C) groups is 1. The summed E-state index contributed by atoms with van der Waals surface area (Å²) in [4.78, 5) is 7.12. The molecule has 1 aromatic rings. The van der Waals surface area contributed by atoms with Crippen LogP contribution in [0.1, 0.15) is 20.8 Å². The van der Waals surface area contributed by atoms with Crippen molar-refractivity contribution in [2.45, 2.75) is 26.9 Å². The van der Waals surface area contributed by atoms with Crippen molar-refractivity contribution in [2.75, 3.05) is 18.0 Å². The molecule has 0 N–H and O–H groups in total. The summed E-state index contributed by atoms with van der Waals surface area (Å²) in [7, 11) is 0. The Morgan fingerprint density at radius 2 is 2.09 bits per heavy atom. The van der Waals surface area contributed by atoms with Crippen LogP contribution in [-0.2, 0) is 4.37 Å². The first-order chi connectivity index (χ1) is 10.7. The van der Waals surface area contributed by atoms with Gasteiger partial charge in [0.15, 0.2) is 5.69 Å². The molecule has 0 bridgehead atoms. The zero-order valence-electron chi connectivity index (χ0n) is 14.5. The Morgan fingerprint density at radius 3 is 2.74 bits per heavy atom. The molecule has 1 heterocycles. The second-order valence-corrected chi connectivity index (χ2v) is 5.49. The summed E-state index contributed by atoms with van der Waals surface area (Å²) in [5, 5.41) is 0. The molecule has 0 saturated carbocycles. The maximum Gasteiger partial charge on any atom is 1.00 e. The first-order valence-electron chi connectivity index (χ1n) is 7.77. The third kappa shape index (κ3) is 3.56. The van der Waals surface area contributed by atoms with E-state index in [1.54, 1.807) is 0 Å². The van der Waals surface area contributed by atoms with Gasteiger partial charge < -0.3 is 9.27 Å². The number of nitrogens with zero attached hydrogens (tertiary/aromatic N) is 2. The van der Waals surface area contributed by atoms with Crippen molar-refractivity contribution in [1.29, 1.82) is 0 Å². The van der Waals surface area contributed by atoms with Gasteiger partial charge in [0.25, 0.3) is 5.75 Å². The smallest absolute Gasteiger partial charge is 0.530 e. The Hall–Kier alpha value is -0.654. The van der Waals surface area contributed by atoms with E-state index in [9.17, 15) is 0 Å². The average Bonchev–Trinajstić information content (AvgIpc) is 2.53. The molecule has 0 saturated heterocycles. The predicted octanol–water partition coefficient (Wildman–Crippen LogP) is 1.72. The van der Waals surface area contributed by atoms with Gasteiger partial charge in [-0.25, -0.2) is 12.2 Å². The van der Waals surface area contributed by atoms with Crippen molar-refractivity contribution in [3.63, 3.8) is 0 Å². The fourth-order valence-corrected chi connectivity index (χ4v) is 2.98. The molecule has 0 fully saturated rings. The summed E-state index contributed by atoms with van der Waals surface area (Å²) in [5.41, 5.74) is 3.19. The van der Waals surface area contributed by atoms with Crippen molar-refractivity contribution in [2.24, 2.45) is 4.99 Å². The van der Waals surface area contributed by atoms with Crippen LogP contribution in [0.4, 0.5) is 11.4 Å². The van der Waals surface area contributed by atoms with Crippen LogP contribution in [-0.4, -0.2) is 24.9 Å². The van der Waals surface area contributed by atoms with Crippen molar-refractivity contribution in [3.05, 3.63) is 54.8 Å². The van der Waals surface area contributed by atoms with Crippen LogP contribution in [0, 0.1) is 6.08 Å². The van der Waals surface area contributed by atoms with E-state index in [2.05, 4.69) is 54.0 Å². The minimum absolute atomic E-state index is 0. The molecule has 0 aromatic heterocycles. The Kier molecular flexibility index (Phi) is 6.45. The van der Waals surface area contributed by atoms with Crippen molar-refractivity contribution < 1.29 is 55.8 Å². The summed E-state index contributed by atoms with van der Waals surface area (Å²) in [5.74, 6) is 1.97. The topological polar surface area (TPSA) is 18.3 Å². The summed E-state index contributed by atoms with van der Waals surface area (Å²) in [6, 6.07) is 6.42. The molecular weight excluding hydrogens is 311 g/mol. The monoisotopic (exact) mass is 333 g/mol. The van der Waals surface area contributed by atoms with E-state index in [0.29, 0.717) is 0 Å². The van der Waals surface area contributed by atoms with Gasteiger partial charge in [-0.2, -0.15) is 6.08 Å². The SMILES string of the molecule is C=C(C)[O+]1c2cc(N(CC)CC)ccc2N=C2C=C[C-]=CC21.[K+]. The van der Waals surface area contributed by atoms with Crippen LogP contribution in [0.3, 0.4) is 0 Å². The molecule has 1 aliphatic heterocycles. The second kappa shape index (κ2) is 7.95. The number of anilines is 1. The van der Waals surface area contributed by atoms with Crippen LogP contribution >= 0.6 is 0 Å². The van der Waals surface area contributed by atoms with E-state index in [1.807, 2.05) is 25.2 Å². The van der Waals surface area contributed by atoms with Crippen LogP contribution in [0.15, 0.2) is 53.8 Å². The van der Waals surface area contributed by atoms with Crippen molar-refractivity contribution in [1.82, 2.24) is 0 Å². The first kappa shape index (κ1) is 18.7. The fraction of sp³-hybridized carbons (Fsp3) is 0.316. The van der Waals surface area contributed by atoms with Gasteiger partial charge in [-0.1, -0.05) is 6.08 Å². The summed E-state index contributed by atoms with van der Waals surface area (Å²) >= 11 is 0. The fourth-order valence-electron chi connectivity index (χ4n) is 2.98. The predicted molar refractivity (Wildman–Crippen MR) is 93.2 cm³/mol. The third-order valence-corrected chi connectivity index (χ3v) is 4.08. The third-order valence-electron chi connectivity index (χ3n) is 4.08. The molecule has 114 valence electrons. The minimum atomic E-state index is 0. The number of fused-ring (bicyclic) bond motifs is 2. The van der Waals surface area contributed by atoms with E-state index in [1.165, 1.54) is 5.69 Å². The molecule has 2 aliphatic rings.